The fourth-order valence-electron chi connectivity index (χ4n) is 3.04. The molecule has 0 radical (unpaired) electrons. The Kier molecular flexibility index (Phi) is 6.30. The summed E-state index contributed by atoms with van der Waals surface area (Å²) in [5, 5.41) is 16.6. The third-order valence-electron chi connectivity index (χ3n) is 4.58. The van der Waals surface area contributed by atoms with Crippen LogP contribution < -0.4 is 21.3 Å². The highest BCUT2D eigenvalue weighted by molar-refractivity contribution is 5.89. The second-order valence-electron chi connectivity index (χ2n) is 7.40. The number of hydrogen-bond acceptors (Lipinski definition) is 4. The van der Waals surface area contributed by atoms with Gasteiger partial charge < -0.3 is 10.6 Å². The lowest BCUT2D eigenvalue weighted by Crippen LogP contribution is -2.53. The van der Waals surface area contributed by atoms with Crippen molar-refractivity contribution in [2.75, 3.05) is 11.9 Å². The molecule has 1 saturated heterocycles. The molecule has 4 N–H and O–H groups in total. The maximum Gasteiger partial charge on any atom is 0.320 e. The Balaban J connectivity index is 1.89. The van der Waals surface area contributed by atoms with Crippen LogP contribution in [0.5, 0.6) is 0 Å². The normalized spacial score (nSPS) is 19.4. The van der Waals surface area contributed by atoms with Gasteiger partial charge in [0.2, 0.25) is 5.91 Å². The summed E-state index contributed by atoms with van der Waals surface area (Å²) < 4.78 is 1.62. The first kappa shape index (κ1) is 19.9. The monoisotopic (exact) mass is 384 g/mol. The van der Waals surface area contributed by atoms with Crippen LogP contribution in [0.15, 0.2) is 36.4 Å². The summed E-state index contributed by atoms with van der Waals surface area (Å²) >= 11 is 0. The molecule has 0 saturated carbocycles. The average Bonchev–Trinajstić information content (AvgIpc) is 3.10. The van der Waals surface area contributed by atoms with Crippen molar-refractivity contribution >= 4 is 17.8 Å². The van der Waals surface area contributed by atoms with E-state index in [-0.39, 0.29) is 18.0 Å². The summed E-state index contributed by atoms with van der Waals surface area (Å²) in [6.45, 7) is 6.67. The molecule has 2 unspecified atom stereocenters. The Morgan fingerprint density at radius 3 is 2.75 bits per heavy atom. The van der Waals surface area contributed by atoms with Gasteiger partial charge >= 0.3 is 6.03 Å². The van der Waals surface area contributed by atoms with Gasteiger partial charge in [-0.05, 0) is 12.3 Å². The van der Waals surface area contributed by atoms with Crippen molar-refractivity contribution in [3.8, 4) is 11.3 Å². The van der Waals surface area contributed by atoms with E-state index >= 15 is 0 Å². The van der Waals surface area contributed by atoms with E-state index in [1.165, 1.54) is 0 Å². The van der Waals surface area contributed by atoms with E-state index in [1.54, 1.807) is 4.68 Å². The molecule has 2 heterocycles. The lowest BCUT2D eigenvalue weighted by molar-refractivity contribution is -0.125. The molecule has 8 nitrogen and oxygen atoms in total. The van der Waals surface area contributed by atoms with Crippen LogP contribution in [0.4, 0.5) is 10.6 Å². The molecular formula is C20H28N6O2. The van der Waals surface area contributed by atoms with Crippen molar-refractivity contribution < 1.29 is 9.59 Å². The van der Waals surface area contributed by atoms with E-state index in [0.717, 1.165) is 17.7 Å². The van der Waals surface area contributed by atoms with Gasteiger partial charge in [-0.15, -0.1) is 0 Å². The minimum Gasteiger partial charge on any atom is -0.338 e. The number of nitrogens with zero attached hydrogens (tertiary/aromatic N) is 2. The molecule has 3 amide bonds. The minimum absolute atomic E-state index is 0.0393. The maximum atomic E-state index is 12.3. The van der Waals surface area contributed by atoms with Crippen LogP contribution in [0.1, 0.15) is 39.9 Å². The van der Waals surface area contributed by atoms with Crippen LogP contribution in [-0.2, 0) is 4.79 Å². The summed E-state index contributed by atoms with van der Waals surface area (Å²) in [6.07, 6.45) is 0.732. The van der Waals surface area contributed by atoms with Crippen molar-refractivity contribution in [3.63, 3.8) is 0 Å². The third kappa shape index (κ3) is 4.89. The van der Waals surface area contributed by atoms with Crippen molar-refractivity contribution in [2.45, 2.75) is 45.9 Å². The Morgan fingerprint density at radius 2 is 2.07 bits per heavy atom. The summed E-state index contributed by atoms with van der Waals surface area (Å²) in [6, 6.07) is 11.3. The second kappa shape index (κ2) is 8.88. The predicted molar refractivity (Wildman–Crippen MR) is 109 cm³/mol. The molecule has 1 aromatic carbocycles. The molecule has 8 heteroatoms. The topological polar surface area (TPSA) is 100 Å². The van der Waals surface area contributed by atoms with Crippen molar-refractivity contribution in [2.24, 2.45) is 5.92 Å². The Hall–Kier alpha value is -2.87. The predicted octanol–water partition coefficient (Wildman–Crippen LogP) is 2.67. The Labute approximate surface area is 165 Å². The standard InChI is InChI=1S/C20H28N6O2/c1-4-15-10-18(27)24-19(22-15)26-17(23-20(28)21-12-13(2)3)11-16(25-26)14-8-6-5-7-9-14/h5-9,11,13,15,19,22H,4,10,12H2,1-3H3,(H,24,27)(H2,21,23,28). The quantitative estimate of drug-likeness (QED) is 0.615. The van der Waals surface area contributed by atoms with E-state index in [1.807, 2.05) is 57.2 Å². The second-order valence-corrected chi connectivity index (χ2v) is 7.40. The molecule has 0 spiro atoms. The van der Waals surface area contributed by atoms with Gasteiger partial charge in [-0.25, -0.2) is 9.48 Å². The zero-order valence-electron chi connectivity index (χ0n) is 16.5. The lowest BCUT2D eigenvalue weighted by atomic mass is 10.1. The maximum absolute atomic E-state index is 12.3. The third-order valence-corrected chi connectivity index (χ3v) is 4.58. The van der Waals surface area contributed by atoms with Gasteiger partial charge in [0, 0.05) is 30.6 Å². The molecule has 0 aliphatic carbocycles. The zero-order chi connectivity index (χ0) is 20.1. The van der Waals surface area contributed by atoms with E-state index in [0.29, 0.717) is 24.7 Å². The number of rotatable bonds is 6. The van der Waals surface area contributed by atoms with E-state index in [4.69, 9.17) is 0 Å². The number of anilines is 1. The zero-order valence-corrected chi connectivity index (χ0v) is 16.5. The molecule has 2 aromatic rings. The number of hydrogen-bond donors (Lipinski definition) is 4. The highest BCUT2D eigenvalue weighted by Crippen LogP contribution is 2.24. The highest BCUT2D eigenvalue weighted by atomic mass is 16.2. The van der Waals surface area contributed by atoms with Gasteiger partial charge in [-0.2, -0.15) is 5.10 Å². The molecule has 1 aliphatic heterocycles. The van der Waals surface area contributed by atoms with Crippen molar-refractivity contribution in [3.05, 3.63) is 36.4 Å². The summed E-state index contributed by atoms with van der Waals surface area (Å²) in [5.74, 6) is 0.817. The first-order chi connectivity index (χ1) is 13.5. The number of aromatic nitrogens is 2. The van der Waals surface area contributed by atoms with Crippen LogP contribution in [0, 0.1) is 5.92 Å². The van der Waals surface area contributed by atoms with Crippen LogP contribution in [0.3, 0.4) is 0 Å². The van der Waals surface area contributed by atoms with Crippen LogP contribution in [0.2, 0.25) is 0 Å². The Morgan fingerprint density at radius 1 is 1.32 bits per heavy atom. The van der Waals surface area contributed by atoms with E-state index < -0.39 is 6.29 Å². The van der Waals surface area contributed by atoms with Gasteiger partial charge in [-0.1, -0.05) is 51.1 Å². The SMILES string of the molecule is CCC1CC(=O)NC(n2nc(-c3ccccc3)cc2NC(=O)NCC(C)C)N1. The van der Waals surface area contributed by atoms with Gasteiger partial charge in [0.1, 0.15) is 5.82 Å². The van der Waals surface area contributed by atoms with Crippen LogP contribution in [0.25, 0.3) is 11.3 Å². The number of carbonyl (C=O) groups is 2. The smallest absolute Gasteiger partial charge is 0.320 e. The average molecular weight is 384 g/mol. The fourth-order valence-corrected chi connectivity index (χ4v) is 3.04. The molecule has 0 bridgehead atoms. The molecule has 1 aromatic heterocycles. The minimum atomic E-state index is -0.524. The molecule has 1 fully saturated rings. The molecule has 150 valence electrons. The van der Waals surface area contributed by atoms with Crippen molar-refractivity contribution in [1.29, 1.82) is 0 Å². The highest BCUT2D eigenvalue weighted by Gasteiger charge is 2.28. The summed E-state index contributed by atoms with van der Waals surface area (Å²) in [4.78, 5) is 24.4. The molecule has 28 heavy (non-hydrogen) atoms. The van der Waals surface area contributed by atoms with E-state index in [9.17, 15) is 9.59 Å². The van der Waals surface area contributed by atoms with Crippen molar-refractivity contribution in [1.82, 2.24) is 25.7 Å². The van der Waals surface area contributed by atoms with Crippen LogP contribution >= 0.6 is 0 Å². The van der Waals surface area contributed by atoms with E-state index in [2.05, 4.69) is 26.4 Å². The van der Waals surface area contributed by atoms with Gasteiger partial charge in [0.15, 0.2) is 6.29 Å². The number of nitrogens with one attached hydrogen (secondary N) is 4. The number of amides is 3. The first-order valence-corrected chi connectivity index (χ1v) is 9.71. The van der Waals surface area contributed by atoms with Gasteiger partial charge in [0.05, 0.1) is 5.69 Å². The summed E-state index contributed by atoms with van der Waals surface area (Å²) in [7, 11) is 0. The molecule has 2 atom stereocenters. The van der Waals surface area contributed by atoms with Gasteiger partial charge in [-0.3, -0.25) is 15.4 Å². The number of benzene rings is 1. The largest absolute Gasteiger partial charge is 0.338 e. The number of urea groups is 1. The lowest BCUT2D eigenvalue weighted by Gasteiger charge is -2.31. The molecular weight excluding hydrogens is 356 g/mol. The fraction of sp³-hybridized carbons (Fsp3) is 0.450. The summed E-state index contributed by atoms with van der Waals surface area (Å²) in [5.41, 5.74) is 1.65. The first-order valence-electron chi connectivity index (χ1n) is 9.71. The Bertz CT molecular complexity index is 817. The van der Waals surface area contributed by atoms with Gasteiger partial charge in [0.25, 0.3) is 0 Å². The van der Waals surface area contributed by atoms with Crippen LogP contribution in [-0.4, -0.2) is 34.3 Å². The molecule has 1 aliphatic rings. The molecule has 3 rings (SSSR count). The number of carbonyl (C=O) groups excluding carboxylic acids is 2.